The fourth-order valence-corrected chi connectivity index (χ4v) is 8.57. The van der Waals surface area contributed by atoms with Crippen LogP contribution >= 0.6 is 0 Å². The number of aliphatic hydroxyl groups is 2. The Morgan fingerprint density at radius 1 is 1.06 bits per heavy atom. The fraction of sp³-hybridized carbons (Fsp3) is 0.750. The van der Waals surface area contributed by atoms with Crippen LogP contribution in [0.2, 0.25) is 0 Å². The highest BCUT2D eigenvalue weighted by Gasteiger charge is 2.55. The zero-order valence-corrected chi connectivity index (χ0v) is 33.6. The van der Waals surface area contributed by atoms with Crippen molar-refractivity contribution in [3.05, 3.63) is 60.6 Å². The molecule has 4 nitrogen and oxygen atoms in total. The van der Waals surface area contributed by atoms with E-state index in [1.807, 2.05) is 13.8 Å². The Balaban J connectivity index is 0.00000115. The number of carbonyl (C=O) groups excluding carboxylic acids is 1. The first-order chi connectivity index (χ1) is 22.3. The predicted octanol–water partition coefficient (Wildman–Crippen LogP) is 13.7. The summed E-state index contributed by atoms with van der Waals surface area (Å²) in [5.41, 5.74) is 3.37. The van der Waals surface area contributed by atoms with E-state index < -0.39 is 0 Å². The van der Waals surface area contributed by atoms with Gasteiger partial charge in [-0.25, -0.2) is 0 Å². The number of esters is 1. The third-order valence-corrected chi connectivity index (χ3v) is 11.7. The Morgan fingerprint density at radius 3 is 2.15 bits per heavy atom. The second-order valence-electron chi connectivity index (χ2n) is 16.1. The number of hydrogen-bond acceptors (Lipinski definition) is 4. The van der Waals surface area contributed by atoms with Crippen molar-refractivity contribution in [2.24, 2.45) is 46.3 Å². The first kappa shape index (κ1) is 45.8. The molecule has 2 fully saturated rings. The molecule has 3 aliphatic carbocycles. The van der Waals surface area contributed by atoms with Crippen LogP contribution in [0.4, 0.5) is 0 Å². The quantitative estimate of drug-likeness (QED) is 0.0993. The van der Waals surface area contributed by atoms with Crippen LogP contribution in [0.15, 0.2) is 60.6 Å². The van der Waals surface area contributed by atoms with Crippen LogP contribution in [-0.2, 0) is 9.53 Å². The molecule has 0 heterocycles. The SMILES string of the molecule is C=C(/C=C(\C)O)CCC.C=C(C)O.C=CC.CCC(=O)OC1CCC2(C)C(=CCC3C2CCC(C)(C(C)C(C)CCCC(C)C)C3C)C1. The van der Waals surface area contributed by atoms with Gasteiger partial charge in [-0.3, -0.25) is 4.79 Å². The molecule has 0 saturated heterocycles. The summed E-state index contributed by atoms with van der Waals surface area (Å²) in [5.74, 6) is 5.28. The molecule has 0 aromatic heterocycles. The van der Waals surface area contributed by atoms with E-state index in [1.165, 1.54) is 51.9 Å². The minimum atomic E-state index is -0.0357. The van der Waals surface area contributed by atoms with Gasteiger partial charge < -0.3 is 14.9 Å². The third-order valence-electron chi connectivity index (χ3n) is 11.7. The Hall–Kier alpha value is -2.23. The largest absolute Gasteiger partial charge is 0.513 e. The Morgan fingerprint density at radius 2 is 1.65 bits per heavy atom. The van der Waals surface area contributed by atoms with E-state index in [1.54, 1.807) is 24.6 Å². The van der Waals surface area contributed by atoms with Gasteiger partial charge in [0, 0.05) is 12.8 Å². The maximum atomic E-state index is 11.8. The molecule has 0 spiro atoms. The lowest BCUT2D eigenvalue weighted by Gasteiger charge is -2.60. The van der Waals surface area contributed by atoms with Crippen molar-refractivity contribution in [3.8, 4) is 0 Å². The van der Waals surface area contributed by atoms with Crippen LogP contribution in [0.5, 0.6) is 0 Å². The number of fused-ring (bicyclic) bond motifs is 3. The summed E-state index contributed by atoms with van der Waals surface area (Å²) in [5, 5.41) is 16.6. The molecular weight excluding hydrogens is 592 g/mol. The van der Waals surface area contributed by atoms with Crippen LogP contribution < -0.4 is 0 Å². The van der Waals surface area contributed by atoms with Gasteiger partial charge in [0.15, 0.2) is 0 Å². The molecule has 3 aliphatic rings. The van der Waals surface area contributed by atoms with E-state index in [4.69, 9.17) is 14.9 Å². The highest BCUT2D eigenvalue weighted by molar-refractivity contribution is 5.69. The topological polar surface area (TPSA) is 66.8 Å². The standard InChI is InChI=1S/C30H52O2.C8H14O.C3H6O.C3H6/c1-9-28(31)32-25-15-17-30(8)24(19-25)13-14-26-23(6)29(7,18-16-27(26)30)22(5)21(4)12-10-11-20(2)3;1-4-5-7(2)6-8(3)9;1-3(2)4;1-3-2/h13,20-23,25-27H,9-12,14-19H2,1-8H3;6,9H,2,4-5H2,1,3H3;4H,1H2,2H3;3H,1H2,2H3/b;8-6+;;. The summed E-state index contributed by atoms with van der Waals surface area (Å²) in [6.07, 6.45) is 20.0. The minimum absolute atomic E-state index is 0.0357. The minimum Gasteiger partial charge on any atom is -0.513 e. The lowest BCUT2D eigenvalue weighted by atomic mass is 9.45. The molecule has 2 N–H and O–H groups in total. The fourth-order valence-electron chi connectivity index (χ4n) is 8.57. The number of allylic oxidation sites excluding steroid dienone is 6. The zero-order valence-electron chi connectivity index (χ0n) is 33.6. The van der Waals surface area contributed by atoms with Gasteiger partial charge in [-0.15, -0.1) is 6.58 Å². The summed E-state index contributed by atoms with van der Waals surface area (Å²) >= 11 is 0. The van der Waals surface area contributed by atoms with E-state index in [0.29, 0.717) is 23.0 Å². The first-order valence-electron chi connectivity index (χ1n) is 19.2. The van der Waals surface area contributed by atoms with E-state index in [-0.39, 0.29) is 17.8 Å². The van der Waals surface area contributed by atoms with E-state index in [2.05, 4.69) is 81.2 Å². The van der Waals surface area contributed by atoms with Crippen molar-refractivity contribution in [1.82, 2.24) is 0 Å². The van der Waals surface area contributed by atoms with Gasteiger partial charge in [0.1, 0.15) is 6.10 Å². The molecule has 278 valence electrons. The van der Waals surface area contributed by atoms with E-state index >= 15 is 0 Å². The van der Waals surface area contributed by atoms with Gasteiger partial charge in [-0.1, -0.05) is 124 Å². The second kappa shape index (κ2) is 22.5. The molecule has 0 amide bonds. The van der Waals surface area contributed by atoms with Gasteiger partial charge in [0.05, 0.1) is 11.5 Å². The summed E-state index contributed by atoms with van der Waals surface area (Å²) < 4.78 is 5.75. The maximum absolute atomic E-state index is 11.8. The van der Waals surface area contributed by atoms with Gasteiger partial charge in [0.2, 0.25) is 0 Å². The molecule has 8 atom stereocenters. The zero-order chi connectivity index (χ0) is 37.2. The van der Waals surface area contributed by atoms with Crippen molar-refractivity contribution < 1.29 is 19.7 Å². The van der Waals surface area contributed by atoms with Crippen molar-refractivity contribution in [1.29, 1.82) is 0 Å². The molecule has 8 unspecified atom stereocenters. The number of ether oxygens (including phenoxy) is 1. The molecule has 3 rings (SSSR count). The number of aliphatic hydroxyl groups excluding tert-OH is 2. The predicted molar refractivity (Wildman–Crippen MR) is 209 cm³/mol. The first-order valence-corrected chi connectivity index (χ1v) is 19.2. The molecule has 0 radical (unpaired) electrons. The summed E-state index contributed by atoms with van der Waals surface area (Å²) in [4.78, 5) is 11.8. The van der Waals surface area contributed by atoms with Crippen LogP contribution in [0, 0.1) is 46.3 Å². The Bertz CT molecular complexity index is 1040. The lowest BCUT2D eigenvalue weighted by molar-refractivity contribution is -0.151. The Kier molecular flexibility index (Phi) is 21.4. The van der Waals surface area contributed by atoms with Crippen LogP contribution in [-0.4, -0.2) is 22.3 Å². The van der Waals surface area contributed by atoms with Crippen molar-refractivity contribution in [2.75, 3.05) is 0 Å². The average Bonchev–Trinajstić information content (AvgIpc) is 2.98. The molecular formula is C44H78O4. The Labute approximate surface area is 298 Å². The number of carbonyl (C=O) groups is 1. The van der Waals surface area contributed by atoms with E-state index in [9.17, 15) is 4.79 Å². The highest BCUT2D eigenvalue weighted by Crippen LogP contribution is 2.63. The van der Waals surface area contributed by atoms with Gasteiger partial charge in [-0.2, -0.15) is 0 Å². The molecule has 0 aromatic carbocycles. The van der Waals surface area contributed by atoms with Crippen molar-refractivity contribution in [3.63, 3.8) is 0 Å². The van der Waals surface area contributed by atoms with Gasteiger partial charge in [0.25, 0.3) is 0 Å². The normalized spacial score (nSPS) is 28.9. The van der Waals surface area contributed by atoms with Crippen LogP contribution in [0.25, 0.3) is 0 Å². The van der Waals surface area contributed by atoms with E-state index in [0.717, 1.165) is 66.8 Å². The highest BCUT2D eigenvalue weighted by atomic mass is 16.5. The number of rotatable bonds is 11. The third kappa shape index (κ3) is 14.7. The molecule has 0 bridgehead atoms. The smallest absolute Gasteiger partial charge is 0.305 e. The van der Waals surface area contributed by atoms with Gasteiger partial charge >= 0.3 is 5.97 Å². The molecule has 0 aromatic rings. The van der Waals surface area contributed by atoms with Gasteiger partial charge in [-0.05, 0) is 112 Å². The molecule has 2 saturated carbocycles. The monoisotopic (exact) mass is 671 g/mol. The summed E-state index contributed by atoms with van der Waals surface area (Å²) in [7, 11) is 0. The average molecular weight is 671 g/mol. The molecule has 48 heavy (non-hydrogen) atoms. The van der Waals surface area contributed by atoms with Crippen molar-refractivity contribution >= 4 is 5.97 Å². The maximum Gasteiger partial charge on any atom is 0.305 e. The summed E-state index contributed by atoms with van der Waals surface area (Å²) in [6.45, 7) is 36.8. The number of hydrogen-bond donors (Lipinski definition) is 2. The lowest BCUT2D eigenvalue weighted by Crippen LogP contribution is -2.52. The molecule has 0 aliphatic heterocycles. The molecule has 4 heteroatoms. The van der Waals surface area contributed by atoms with Crippen LogP contribution in [0.3, 0.4) is 0 Å². The van der Waals surface area contributed by atoms with Crippen molar-refractivity contribution in [2.45, 2.75) is 166 Å². The summed E-state index contributed by atoms with van der Waals surface area (Å²) in [6, 6.07) is 0. The van der Waals surface area contributed by atoms with Crippen LogP contribution in [0.1, 0.15) is 160 Å². The second-order valence-corrected chi connectivity index (χ2v) is 16.1.